The number of ketones is 2. The zero-order valence-electron chi connectivity index (χ0n) is 16.9. The SMILES string of the molecule is CCN(CC)C(=O)c1cc(C)cc(OC)c1C1=CC(=O)c2c(O)cccc2C1=O. The van der Waals surface area contributed by atoms with Crippen LogP contribution in [0.1, 0.15) is 56.0 Å². The molecule has 0 bridgehead atoms. The fourth-order valence-corrected chi connectivity index (χ4v) is 3.63. The highest BCUT2D eigenvalue weighted by Crippen LogP contribution is 2.38. The first-order valence-corrected chi connectivity index (χ1v) is 9.44. The molecule has 1 aliphatic carbocycles. The Labute approximate surface area is 169 Å². The van der Waals surface area contributed by atoms with E-state index in [4.69, 9.17) is 4.74 Å². The van der Waals surface area contributed by atoms with Gasteiger partial charge in [-0.1, -0.05) is 12.1 Å². The lowest BCUT2D eigenvalue weighted by Gasteiger charge is -2.24. The second-order valence-corrected chi connectivity index (χ2v) is 6.82. The van der Waals surface area contributed by atoms with Crippen LogP contribution in [0.3, 0.4) is 0 Å². The molecule has 0 saturated carbocycles. The van der Waals surface area contributed by atoms with Gasteiger partial charge in [0.25, 0.3) is 5.91 Å². The van der Waals surface area contributed by atoms with Gasteiger partial charge in [0.05, 0.1) is 18.2 Å². The van der Waals surface area contributed by atoms with Gasteiger partial charge < -0.3 is 14.7 Å². The quantitative estimate of drug-likeness (QED) is 0.838. The summed E-state index contributed by atoms with van der Waals surface area (Å²) in [5.41, 5.74) is 1.57. The van der Waals surface area contributed by atoms with Crippen molar-refractivity contribution in [2.75, 3.05) is 20.2 Å². The molecule has 1 aliphatic rings. The number of benzene rings is 2. The van der Waals surface area contributed by atoms with Crippen LogP contribution in [0.25, 0.3) is 5.57 Å². The number of hydrogen-bond acceptors (Lipinski definition) is 5. The molecule has 0 unspecified atom stereocenters. The molecule has 0 aliphatic heterocycles. The van der Waals surface area contributed by atoms with Gasteiger partial charge >= 0.3 is 0 Å². The summed E-state index contributed by atoms with van der Waals surface area (Å²) in [4.78, 5) is 40.8. The van der Waals surface area contributed by atoms with E-state index in [9.17, 15) is 19.5 Å². The largest absolute Gasteiger partial charge is 0.507 e. The van der Waals surface area contributed by atoms with Crippen molar-refractivity contribution in [3.8, 4) is 11.5 Å². The first-order valence-electron chi connectivity index (χ1n) is 9.44. The van der Waals surface area contributed by atoms with Gasteiger partial charge in [-0.2, -0.15) is 0 Å². The highest BCUT2D eigenvalue weighted by Gasteiger charge is 2.33. The number of nitrogens with zero attached hydrogens (tertiary/aromatic N) is 1. The zero-order chi connectivity index (χ0) is 21.3. The van der Waals surface area contributed by atoms with Crippen molar-refractivity contribution in [1.29, 1.82) is 0 Å². The lowest BCUT2D eigenvalue weighted by Crippen LogP contribution is -2.31. The maximum absolute atomic E-state index is 13.2. The molecule has 0 fully saturated rings. The number of methoxy groups -OCH3 is 1. The minimum absolute atomic E-state index is 0.0241. The monoisotopic (exact) mass is 393 g/mol. The average Bonchev–Trinajstić information content (AvgIpc) is 2.70. The molecule has 0 spiro atoms. The number of Topliss-reactive ketones (excluding diaryl/α,β-unsaturated/α-hetero) is 1. The normalized spacial score (nSPS) is 13.0. The van der Waals surface area contributed by atoms with Gasteiger partial charge in [-0.25, -0.2) is 0 Å². The van der Waals surface area contributed by atoms with E-state index in [-0.39, 0.29) is 28.4 Å². The van der Waals surface area contributed by atoms with Gasteiger partial charge in [0.15, 0.2) is 11.6 Å². The number of amides is 1. The molecule has 3 rings (SSSR count). The fourth-order valence-electron chi connectivity index (χ4n) is 3.63. The maximum Gasteiger partial charge on any atom is 0.254 e. The molecule has 29 heavy (non-hydrogen) atoms. The highest BCUT2D eigenvalue weighted by atomic mass is 16.5. The number of phenolic OH excluding ortho intramolecular Hbond substituents is 1. The van der Waals surface area contributed by atoms with Gasteiger partial charge in [-0.15, -0.1) is 0 Å². The summed E-state index contributed by atoms with van der Waals surface area (Å²) in [5.74, 6) is -1.07. The number of aromatic hydroxyl groups is 1. The summed E-state index contributed by atoms with van der Waals surface area (Å²) in [6.45, 7) is 6.60. The highest BCUT2D eigenvalue weighted by molar-refractivity contribution is 6.40. The summed E-state index contributed by atoms with van der Waals surface area (Å²) >= 11 is 0. The van der Waals surface area contributed by atoms with Gasteiger partial charge in [0.1, 0.15) is 11.5 Å². The standard InChI is InChI=1S/C23H23NO5/c1-5-24(6-2)23(28)16-10-13(3)11-19(29-4)20(16)15-12-18(26)21-14(22(15)27)8-7-9-17(21)25/h7-12,25H,5-6H2,1-4H3. The number of carbonyl (C=O) groups excluding carboxylic acids is 3. The van der Waals surface area contributed by atoms with E-state index < -0.39 is 11.6 Å². The number of phenols is 1. The van der Waals surface area contributed by atoms with E-state index in [2.05, 4.69) is 0 Å². The summed E-state index contributed by atoms with van der Waals surface area (Å²) in [5, 5.41) is 10.0. The van der Waals surface area contributed by atoms with Gasteiger partial charge in [-0.3, -0.25) is 14.4 Å². The lowest BCUT2D eigenvalue weighted by atomic mass is 9.83. The predicted molar refractivity (Wildman–Crippen MR) is 110 cm³/mol. The van der Waals surface area contributed by atoms with Crippen molar-refractivity contribution in [3.63, 3.8) is 0 Å². The Hall–Kier alpha value is -3.41. The van der Waals surface area contributed by atoms with Crippen LogP contribution in [0.2, 0.25) is 0 Å². The van der Waals surface area contributed by atoms with Crippen molar-refractivity contribution < 1.29 is 24.2 Å². The summed E-state index contributed by atoms with van der Waals surface area (Å²) in [7, 11) is 1.46. The average molecular weight is 393 g/mol. The first kappa shape index (κ1) is 20.3. The number of aryl methyl sites for hydroxylation is 1. The van der Waals surface area contributed by atoms with Gasteiger partial charge in [-0.05, 0) is 50.6 Å². The van der Waals surface area contributed by atoms with E-state index >= 15 is 0 Å². The van der Waals surface area contributed by atoms with Crippen LogP contribution in [-0.2, 0) is 0 Å². The first-order chi connectivity index (χ1) is 13.8. The molecule has 1 amide bonds. The number of fused-ring (bicyclic) bond motifs is 1. The van der Waals surface area contributed by atoms with Crippen LogP contribution < -0.4 is 4.74 Å². The Morgan fingerprint density at radius 1 is 1.10 bits per heavy atom. The van der Waals surface area contributed by atoms with Crippen molar-refractivity contribution in [3.05, 3.63) is 64.2 Å². The molecule has 2 aromatic rings. The molecule has 0 heterocycles. The van der Waals surface area contributed by atoms with Crippen molar-refractivity contribution in [2.45, 2.75) is 20.8 Å². The van der Waals surface area contributed by atoms with Crippen LogP contribution >= 0.6 is 0 Å². The molecule has 2 aromatic carbocycles. The number of allylic oxidation sites excluding steroid dienone is 2. The molecule has 0 saturated heterocycles. The van der Waals surface area contributed by atoms with E-state index in [0.29, 0.717) is 30.0 Å². The number of carbonyl (C=O) groups is 3. The van der Waals surface area contributed by atoms with E-state index in [1.165, 1.54) is 31.4 Å². The maximum atomic E-state index is 13.2. The second-order valence-electron chi connectivity index (χ2n) is 6.82. The summed E-state index contributed by atoms with van der Waals surface area (Å²) in [6.07, 6.45) is 1.18. The number of hydrogen-bond donors (Lipinski definition) is 1. The van der Waals surface area contributed by atoms with Crippen molar-refractivity contribution >= 4 is 23.0 Å². The van der Waals surface area contributed by atoms with Crippen molar-refractivity contribution in [1.82, 2.24) is 4.90 Å². The third-order valence-electron chi connectivity index (χ3n) is 5.07. The van der Waals surface area contributed by atoms with Crippen LogP contribution in [0.15, 0.2) is 36.4 Å². The summed E-state index contributed by atoms with van der Waals surface area (Å²) in [6, 6.07) is 7.80. The van der Waals surface area contributed by atoms with E-state index in [1.54, 1.807) is 17.0 Å². The Kier molecular flexibility index (Phi) is 5.55. The Bertz CT molecular complexity index is 1050. The van der Waals surface area contributed by atoms with E-state index in [1.807, 2.05) is 20.8 Å². The molecule has 150 valence electrons. The van der Waals surface area contributed by atoms with Gasteiger partial charge in [0.2, 0.25) is 0 Å². The minimum atomic E-state index is -0.489. The second kappa shape index (κ2) is 7.91. The summed E-state index contributed by atoms with van der Waals surface area (Å²) < 4.78 is 5.49. The molecule has 1 N–H and O–H groups in total. The topological polar surface area (TPSA) is 83.9 Å². The van der Waals surface area contributed by atoms with E-state index in [0.717, 1.165) is 5.56 Å². The molecule has 0 atom stereocenters. The van der Waals surface area contributed by atoms with Crippen LogP contribution in [0.5, 0.6) is 11.5 Å². The minimum Gasteiger partial charge on any atom is -0.507 e. The third kappa shape index (κ3) is 3.42. The Morgan fingerprint density at radius 2 is 1.79 bits per heavy atom. The molecule has 6 nitrogen and oxygen atoms in total. The number of ether oxygens (including phenoxy) is 1. The molecule has 6 heteroatoms. The molecular weight excluding hydrogens is 370 g/mol. The fraction of sp³-hybridized carbons (Fsp3) is 0.261. The molecular formula is C23H23NO5. The van der Waals surface area contributed by atoms with Crippen LogP contribution in [-0.4, -0.2) is 47.7 Å². The van der Waals surface area contributed by atoms with Gasteiger partial charge in [0, 0.05) is 29.8 Å². The van der Waals surface area contributed by atoms with Crippen LogP contribution in [0, 0.1) is 6.92 Å². The van der Waals surface area contributed by atoms with Crippen LogP contribution in [0.4, 0.5) is 0 Å². The van der Waals surface area contributed by atoms with Crippen molar-refractivity contribution in [2.24, 2.45) is 0 Å². The lowest BCUT2D eigenvalue weighted by molar-refractivity contribution is 0.0772. The number of rotatable bonds is 5. The third-order valence-corrected chi connectivity index (χ3v) is 5.07. The Balaban J connectivity index is 2.27. The molecule has 0 aromatic heterocycles. The predicted octanol–water partition coefficient (Wildman–Crippen LogP) is 3.65. The molecule has 0 radical (unpaired) electrons. The smallest absolute Gasteiger partial charge is 0.254 e. The Morgan fingerprint density at radius 3 is 2.41 bits per heavy atom. The zero-order valence-corrected chi connectivity index (χ0v) is 16.9.